The van der Waals surface area contributed by atoms with Crippen LogP contribution in [0, 0.1) is 11.8 Å². The second-order valence-electron chi connectivity index (χ2n) is 6.01. The summed E-state index contributed by atoms with van der Waals surface area (Å²) >= 11 is 12.0. The Morgan fingerprint density at radius 1 is 1.04 bits per heavy atom. The van der Waals surface area contributed by atoms with Crippen LogP contribution in [0.3, 0.4) is 0 Å². The van der Waals surface area contributed by atoms with E-state index in [-0.39, 0.29) is 22.8 Å². The van der Waals surface area contributed by atoms with E-state index in [1.54, 1.807) is 30.3 Å². The van der Waals surface area contributed by atoms with Gasteiger partial charge in [0.2, 0.25) is 5.43 Å². The largest absolute Gasteiger partial charge is 0.350 e. The van der Waals surface area contributed by atoms with Crippen LogP contribution >= 0.6 is 23.2 Å². The van der Waals surface area contributed by atoms with Crippen molar-refractivity contribution in [3.05, 3.63) is 89.0 Å². The summed E-state index contributed by atoms with van der Waals surface area (Å²) < 4.78 is 1.01. The third-order valence-electron chi connectivity index (χ3n) is 4.22. The average Bonchev–Trinajstić information content (AvgIpc) is 2.66. The van der Waals surface area contributed by atoms with Crippen LogP contribution in [0.4, 0.5) is 0 Å². The predicted molar refractivity (Wildman–Crippen MR) is 110 cm³/mol. The van der Waals surface area contributed by atoms with E-state index < -0.39 is 16.5 Å². The number of rotatable bonds is 1. The zero-order valence-electron chi connectivity index (χ0n) is 14.2. The van der Waals surface area contributed by atoms with E-state index in [4.69, 9.17) is 23.2 Å². The Labute approximate surface area is 167 Å². The molecule has 0 saturated carbocycles. The molecule has 2 heterocycles. The average molecular weight is 412 g/mol. The molecule has 28 heavy (non-hydrogen) atoms. The quantitative estimate of drug-likeness (QED) is 0.372. The summed E-state index contributed by atoms with van der Waals surface area (Å²) in [6.45, 7) is -0.104. The first-order valence-corrected chi connectivity index (χ1v) is 8.93. The van der Waals surface area contributed by atoms with Crippen molar-refractivity contribution in [2.45, 2.75) is 6.54 Å². The molecule has 4 rings (SSSR count). The van der Waals surface area contributed by atoms with Crippen LogP contribution in [0.2, 0.25) is 10.0 Å². The molecule has 8 heteroatoms. The number of aromatic nitrogens is 3. The number of H-pyrrole nitrogens is 2. The minimum Gasteiger partial charge on any atom is -0.350 e. The maximum Gasteiger partial charge on any atom is 0.287 e. The summed E-state index contributed by atoms with van der Waals surface area (Å²) in [4.78, 5) is 40.8. The van der Waals surface area contributed by atoms with Gasteiger partial charge in [0, 0.05) is 16.0 Å². The predicted octanol–water partition coefficient (Wildman–Crippen LogP) is 2.89. The molecule has 0 saturated heterocycles. The molecule has 6 nitrogen and oxygen atoms in total. The van der Waals surface area contributed by atoms with Crippen LogP contribution in [-0.2, 0) is 6.54 Å². The number of hydrogen-bond donors (Lipinski definition) is 2. The van der Waals surface area contributed by atoms with Crippen LogP contribution in [-0.4, -0.2) is 14.8 Å². The SMILES string of the molecule is O=c1[nH]n(CC#Cc2ccccc2Cl)c(=O)c2c(=O)c3ccc(Cl)cc3[nH]c12. The zero-order valence-corrected chi connectivity index (χ0v) is 15.7. The van der Waals surface area contributed by atoms with E-state index in [0.717, 1.165) is 4.68 Å². The molecule has 0 spiro atoms. The van der Waals surface area contributed by atoms with Crippen molar-refractivity contribution in [1.82, 2.24) is 14.8 Å². The summed E-state index contributed by atoms with van der Waals surface area (Å²) in [5.41, 5.74) is -0.897. The lowest BCUT2D eigenvalue weighted by atomic mass is 10.1. The first-order valence-electron chi connectivity index (χ1n) is 8.17. The lowest BCUT2D eigenvalue weighted by Gasteiger charge is -2.05. The summed E-state index contributed by atoms with van der Waals surface area (Å²) in [5.74, 6) is 5.63. The minimum absolute atomic E-state index is 0.0971. The fourth-order valence-corrected chi connectivity index (χ4v) is 3.24. The molecule has 0 aliphatic carbocycles. The topological polar surface area (TPSA) is 87.7 Å². The van der Waals surface area contributed by atoms with Gasteiger partial charge < -0.3 is 4.98 Å². The summed E-state index contributed by atoms with van der Waals surface area (Å²) in [6, 6.07) is 11.6. The number of benzene rings is 2. The van der Waals surface area contributed by atoms with Crippen LogP contribution < -0.4 is 16.5 Å². The van der Waals surface area contributed by atoms with Gasteiger partial charge in [-0.15, -0.1) is 0 Å². The molecule has 0 aliphatic rings. The van der Waals surface area contributed by atoms with Gasteiger partial charge in [0.15, 0.2) is 0 Å². The first-order chi connectivity index (χ1) is 13.5. The number of hydrogen-bond acceptors (Lipinski definition) is 3. The van der Waals surface area contributed by atoms with Gasteiger partial charge >= 0.3 is 0 Å². The Balaban J connectivity index is 1.88. The summed E-state index contributed by atoms with van der Waals surface area (Å²) in [6.07, 6.45) is 0. The summed E-state index contributed by atoms with van der Waals surface area (Å²) in [7, 11) is 0. The lowest BCUT2D eigenvalue weighted by molar-refractivity contribution is 0.659. The number of fused-ring (bicyclic) bond motifs is 2. The third kappa shape index (κ3) is 3.11. The molecule has 0 fully saturated rings. The summed E-state index contributed by atoms with van der Waals surface area (Å²) in [5, 5.41) is 3.37. The Bertz CT molecular complexity index is 1490. The van der Waals surface area contributed by atoms with E-state index in [1.165, 1.54) is 12.1 Å². The van der Waals surface area contributed by atoms with E-state index in [2.05, 4.69) is 21.9 Å². The van der Waals surface area contributed by atoms with Crippen molar-refractivity contribution in [3.8, 4) is 11.8 Å². The fourth-order valence-electron chi connectivity index (χ4n) is 2.89. The van der Waals surface area contributed by atoms with Gasteiger partial charge in [0.05, 0.1) is 10.5 Å². The van der Waals surface area contributed by atoms with Gasteiger partial charge in [-0.25, -0.2) is 4.68 Å². The molecule has 0 bridgehead atoms. The van der Waals surface area contributed by atoms with E-state index >= 15 is 0 Å². The highest BCUT2D eigenvalue weighted by Crippen LogP contribution is 2.16. The smallest absolute Gasteiger partial charge is 0.287 e. The number of nitrogens with zero attached hydrogens (tertiary/aromatic N) is 1. The molecule has 4 aromatic rings. The van der Waals surface area contributed by atoms with E-state index in [0.29, 0.717) is 21.1 Å². The third-order valence-corrected chi connectivity index (χ3v) is 4.78. The van der Waals surface area contributed by atoms with Crippen molar-refractivity contribution in [3.63, 3.8) is 0 Å². The molecule has 0 unspecified atom stereocenters. The van der Waals surface area contributed by atoms with Crippen molar-refractivity contribution in [1.29, 1.82) is 0 Å². The molecular weight excluding hydrogens is 401 g/mol. The van der Waals surface area contributed by atoms with Gasteiger partial charge in [0.1, 0.15) is 17.4 Å². The Morgan fingerprint density at radius 3 is 2.61 bits per heavy atom. The van der Waals surface area contributed by atoms with Gasteiger partial charge in [-0.2, -0.15) is 0 Å². The number of nitrogens with one attached hydrogen (secondary N) is 2. The molecular formula is C20H11Cl2N3O3. The molecule has 2 aromatic carbocycles. The molecule has 2 aromatic heterocycles. The maximum atomic E-state index is 12.8. The van der Waals surface area contributed by atoms with Crippen molar-refractivity contribution < 1.29 is 0 Å². The van der Waals surface area contributed by atoms with E-state index in [1.807, 2.05) is 0 Å². The Hall–Kier alpha value is -3.27. The van der Waals surface area contributed by atoms with Crippen molar-refractivity contribution in [2.75, 3.05) is 0 Å². The number of halogens is 2. The highest BCUT2D eigenvalue weighted by molar-refractivity contribution is 6.31. The van der Waals surface area contributed by atoms with Crippen LogP contribution in [0.25, 0.3) is 21.8 Å². The molecule has 0 atom stereocenters. The molecule has 0 aliphatic heterocycles. The van der Waals surface area contributed by atoms with Crippen LogP contribution in [0.1, 0.15) is 5.56 Å². The number of aromatic amines is 2. The van der Waals surface area contributed by atoms with Gasteiger partial charge in [-0.05, 0) is 30.3 Å². The highest BCUT2D eigenvalue weighted by atomic mass is 35.5. The Kier molecular flexibility index (Phi) is 4.55. The maximum absolute atomic E-state index is 12.8. The lowest BCUT2D eigenvalue weighted by Crippen LogP contribution is -2.33. The van der Waals surface area contributed by atoms with Gasteiger partial charge in [0.25, 0.3) is 11.1 Å². The van der Waals surface area contributed by atoms with Gasteiger partial charge in [-0.3, -0.25) is 19.5 Å². The second kappa shape index (κ2) is 7.04. The monoisotopic (exact) mass is 411 g/mol. The van der Waals surface area contributed by atoms with Gasteiger partial charge in [-0.1, -0.05) is 47.2 Å². The zero-order chi connectivity index (χ0) is 19.8. The standard InChI is InChI=1S/C20H11Cl2N3O3/c21-12-7-8-13-15(10-12)23-17-16(18(13)26)20(28)25(24-19(17)27)9-3-5-11-4-1-2-6-14(11)22/h1-2,4,6-8,10H,9H2,(H,23,26)(H,24,27). The van der Waals surface area contributed by atoms with Crippen LogP contribution in [0.5, 0.6) is 0 Å². The second-order valence-corrected chi connectivity index (χ2v) is 6.85. The Morgan fingerprint density at radius 2 is 1.82 bits per heavy atom. The minimum atomic E-state index is -0.638. The molecule has 0 radical (unpaired) electrons. The normalized spacial score (nSPS) is 10.8. The van der Waals surface area contributed by atoms with Crippen LogP contribution in [0.15, 0.2) is 56.8 Å². The fraction of sp³-hybridized carbons (Fsp3) is 0.0500. The molecule has 0 amide bonds. The van der Waals surface area contributed by atoms with E-state index in [9.17, 15) is 14.4 Å². The van der Waals surface area contributed by atoms with Crippen molar-refractivity contribution in [2.24, 2.45) is 0 Å². The molecule has 2 N–H and O–H groups in total. The first kappa shape index (κ1) is 18.1. The number of pyridine rings is 1. The van der Waals surface area contributed by atoms with Crippen molar-refractivity contribution >= 4 is 45.0 Å². The molecule has 138 valence electrons. The highest BCUT2D eigenvalue weighted by Gasteiger charge is 2.14.